The number of hydrogen-bond acceptors (Lipinski definition) is 6. The number of ether oxygens (including phenoxy) is 6. The average molecular weight is 501 g/mol. The van der Waals surface area contributed by atoms with Crippen LogP contribution < -0.4 is 18.9 Å². The van der Waals surface area contributed by atoms with Crippen molar-refractivity contribution < 1.29 is 28.4 Å². The molecule has 3 unspecified atom stereocenters. The van der Waals surface area contributed by atoms with Crippen molar-refractivity contribution >= 4 is 21.5 Å². The van der Waals surface area contributed by atoms with Gasteiger partial charge < -0.3 is 28.4 Å². The quantitative estimate of drug-likeness (QED) is 0.209. The predicted octanol–water partition coefficient (Wildman–Crippen LogP) is 6.03. The molecule has 0 radical (unpaired) electrons. The normalized spacial score (nSPS) is 18.9. The third kappa shape index (κ3) is 6.64. The summed E-state index contributed by atoms with van der Waals surface area (Å²) in [6.45, 7) is 6.25. The molecule has 4 aromatic carbocycles. The SMILES string of the molecule is CC(CCOc1ccc2ccc(OCC3CO3)cc2c1)COc1ccc2ccc(OCC3CO3)cc2c1. The van der Waals surface area contributed by atoms with E-state index in [1.807, 2.05) is 24.3 Å². The van der Waals surface area contributed by atoms with Crippen LogP contribution in [0.1, 0.15) is 13.3 Å². The van der Waals surface area contributed by atoms with Gasteiger partial charge in [0.2, 0.25) is 0 Å². The predicted molar refractivity (Wildman–Crippen MR) is 143 cm³/mol. The lowest BCUT2D eigenvalue weighted by atomic mass is 10.1. The molecule has 3 atom stereocenters. The van der Waals surface area contributed by atoms with Crippen LogP contribution in [0.3, 0.4) is 0 Å². The maximum Gasteiger partial charge on any atom is 0.120 e. The first-order valence-electron chi connectivity index (χ1n) is 13.0. The Bertz CT molecular complexity index is 1360. The van der Waals surface area contributed by atoms with Gasteiger partial charge in [0.15, 0.2) is 0 Å². The van der Waals surface area contributed by atoms with Crippen molar-refractivity contribution in [1.29, 1.82) is 0 Å². The molecule has 6 rings (SSSR count). The van der Waals surface area contributed by atoms with Crippen molar-refractivity contribution in [3.05, 3.63) is 72.8 Å². The van der Waals surface area contributed by atoms with Gasteiger partial charge in [-0.2, -0.15) is 0 Å². The molecule has 192 valence electrons. The third-order valence-electron chi connectivity index (χ3n) is 6.66. The third-order valence-corrected chi connectivity index (χ3v) is 6.66. The molecule has 4 aromatic rings. The zero-order chi connectivity index (χ0) is 25.0. The highest BCUT2D eigenvalue weighted by molar-refractivity contribution is 5.86. The fraction of sp³-hybridized carbons (Fsp3) is 0.355. The summed E-state index contributed by atoms with van der Waals surface area (Å²) in [7, 11) is 0. The number of benzene rings is 4. The topological polar surface area (TPSA) is 62.0 Å². The molecule has 0 amide bonds. The van der Waals surface area contributed by atoms with Crippen molar-refractivity contribution in [2.45, 2.75) is 25.6 Å². The second-order valence-corrected chi connectivity index (χ2v) is 9.93. The molecule has 0 N–H and O–H groups in total. The Kier molecular flexibility index (Phi) is 7.02. The fourth-order valence-electron chi connectivity index (χ4n) is 4.17. The van der Waals surface area contributed by atoms with E-state index in [0.29, 0.717) is 32.3 Å². The van der Waals surface area contributed by atoms with Gasteiger partial charge in [-0.25, -0.2) is 0 Å². The number of hydrogen-bond donors (Lipinski definition) is 0. The first-order chi connectivity index (χ1) is 18.2. The smallest absolute Gasteiger partial charge is 0.120 e. The number of fused-ring (bicyclic) bond motifs is 2. The van der Waals surface area contributed by atoms with Crippen LogP contribution in [0.2, 0.25) is 0 Å². The minimum atomic E-state index is 0.247. The molecule has 6 nitrogen and oxygen atoms in total. The monoisotopic (exact) mass is 500 g/mol. The van der Waals surface area contributed by atoms with Gasteiger partial charge in [0.25, 0.3) is 0 Å². The second kappa shape index (κ2) is 10.9. The zero-order valence-corrected chi connectivity index (χ0v) is 21.1. The molecule has 37 heavy (non-hydrogen) atoms. The molecule has 0 spiro atoms. The van der Waals surface area contributed by atoms with Crippen LogP contribution in [0.4, 0.5) is 0 Å². The first kappa shape index (κ1) is 23.9. The van der Waals surface area contributed by atoms with Gasteiger partial charge in [0.1, 0.15) is 48.4 Å². The Balaban J connectivity index is 0.979. The maximum atomic E-state index is 6.10. The van der Waals surface area contributed by atoms with E-state index in [0.717, 1.165) is 64.2 Å². The standard InChI is InChI=1S/C31H32O6/c1-21(16-33-27-7-3-23-5-9-29(15-25(23)13-27)35-18-31-20-37-31)10-11-32-26-6-2-22-4-8-28(14-24(22)12-26)34-17-30-19-36-30/h2-9,12-15,21,30-31H,10-11,16-20H2,1H3. The summed E-state index contributed by atoms with van der Waals surface area (Å²) in [5.41, 5.74) is 0. The Hall–Kier alpha value is -3.48. The van der Waals surface area contributed by atoms with Crippen molar-refractivity contribution in [3.63, 3.8) is 0 Å². The van der Waals surface area contributed by atoms with Gasteiger partial charge in [-0.3, -0.25) is 0 Å². The van der Waals surface area contributed by atoms with E-state index in [1.165, 1.54) is 0 Å². The summed E-state index contributed by atoms with van der Waals surface area (Å²) < 4.78 is 34.2. The highest BCUT2D eigenvalue weighted by atomic mass is 16.6. The van der Waals surface area contributed by atoms with E-state index >= 15 is 0 Å². The highest BCUT2D eigenvalue weighted by Gasteiger charge is 2.23. The molecule has 0 aliphatic carbocycles. The summed E-state index contributed by atoms with van der Waals surface area (Å²) in [6, 6.07) is 24.6. The Morgan fingerprint density at radius 2 is 1.05 bits per heavy atom. The molecule has 2 saturated heterocycles. The van der Waals surface area contributed by atoms with Crippen molar-refractivity contribution in [2.75, 3.05) is 39.6 Å². The summed E-state index contributed by atoms with van der Waals surface area (Å²) in [5, 5.41) is 4.53. The van der Waals surface area contributed by atoms with Gasteiger partial charge in [-0.15, -0.1) is 0 Å². The summed E-state index contributed by atoms with van der Waals surface area (Å²) in [4.78, 5) is 0. The van der Waals surface area contributed by atoms with Crippen molar-refractivity contribution in [2.24, 2.45) is 5.92 Å². The largest absolute Gasteiger partial charge is 0.494 e. The lowest BCUT2D eigenvalue weighted by Crippen LogP contribution is -2.12. The zero-order valence-electron chi connectivity index (χ0n) is 21.1. The van der Waals surface area contributed by atoms with Crippen LogP contribution in [0, 0.1) is 5.92 Å². The van der Waals surface area contributed by atoms with E-state index in [4.69, 9.17) is 28.4 Å². The summed E-state index contributed by atoms with van der Waals surface area (Å²) >= 11 is 0. The molecular formula is C31H32O6. The lowest BCUT2D eigenvalue weighted by Gasteiger charge is -2.15. The van der Waals surface area contributed by atoms with E-state index < -0.39 is 0 Å². The maximum absolute atomic E-state index is 6.10. The molecular weight excluding hydrogens is 468 g/mol. The Labute approximate surface area is 217 Å². The van der Waals surface area contributed by atoms with Gasteiger partial charge >= 0.3 is 0 Å². The molecule has 2 aliphatic heterocycles. The molecule has 2 aliphatic rings. The highest BCUT2D eigenvalue weighted by Crippen LogP contribution is 2.28. The van der Waals surface area contributed by atoms with Crippen molar-refractivity contribution in [1.82, 2.24) is 0 Å². The van der Waals surface area contributed by atoms with Crippen LogP contribution in [0.25, 0.3) is 21.5 Å². The van der Waals surface area contributed by atoms with Gasteiger partial charge in [0.05, 0.1) is 26.4 Å². The first-order valence-corrected chi connectivity index (χ1v) is 13.0. The van der Waals surface area contributed by atoms with Crippen LogP contribution in [0.5, 0.6) is 23.0 Å². The molecule has 2 heterocycles. The van der Waals surface area contributed by atoms with E-state index in [2.05, 4.69) is 55.5 Å². The number of rotatable bonds is 13. The summed E-state index contributed by atoms with van der Waals surface area (Å²) in [6.07, 6.45) is 1.40. The van der Waals surface area contributed by atoms with Gasteiger partial charge in [0, 0.05) is 0 Å². The minimum absolute atomic E-state index is 0.247. The van der Waals surface area contributed by atoms with Crippen LogP contribution in [0.15, 0.2) is 72.8 Å². The van der Waals surface area contributed by atoms with Crippen LogP contribution in [-0.4, -0.2) is 51.8 Å². The molecule has 0 aromatic heterocycles. The van der Waals surface area contributed by atoms with Crippen LogP contribution >= 0.6 is 0 Å². The Morgan fingerprint density at radius 1 is 0.622 bits per heavy atom. The van der Waals surface area contributed by atoms with Crippen LogP contribution in [-0.2, 0) is 9.47 Å². The average Bonchev–Trinajstić information content (AvgIpc) is 3.85. The fourth-order valence-corrected chi connectivity index (χ4v) is 4.17. The van der Waals surface area contributed by atoms with Gasteiger partial charge in [-0.05, 0) is 82.4 Å². The molecule has 0 saturated carbocycles. The second-order valence-electron chi connectivity index (χ2n) is 9.93. The van der Waals surface area contributed by atoms with Gasteiger partial charge in [-0.1, -0.05) is 31.2 Å². The van der Waals surface area contributed by atoms with E-state index in [9.17, 15) is 0 Å². The van der Waals surface area contributed by atoms with Crippen molar-refractivity contribution in [3.8, 4) is 23.0 Å². The lowest BCUT2D eigenvalue weighted by molar-refractivity contribution is 0.218. The Morgan fingerprint density at radius 3 is 1.51 bits per heavy atom. The van der Waals surface area contributed by atoms with E-state index in [-0.39, 0.29) is 12.2 Å². The van der Waals surface area contributed by atoms with E-state index in [1.54, 1.807) is 0 Å². The molecule has 0 bridgehead atoms. The number of epoxide rings is 2. The molecule has 2 fully saturated rings. The molecule has 6 heteroatoms. The summed E-state index contributed by atoms with van der Waals surface area (Å²) in [5.74, 6) is 3.80. The minimum Gasteiger partial charge on any atom is -0.494 e.